The number of hydrogen-bond acceptors (Lipinski definition) is 3. The molecule has 2 atom stereocenters. The van der Waals surface area contributed by atoms with E-state index in [0.29, 0.717) is 0 Å². The van der Waals surface area contributed by atoms with Gasteiger partial charge in [0.25, 0.3) is 0 Å². The molecule has 0 aromatic rings. The van der Waals surface area contributed by atoms with Crippen molar-refractivity contribution in [1.82, 2.24) is 10.2 Å². The molecule has 0 aromatic carbocycles. The molecule has 2 rings (SSSR count). The maximum atomic E-state index is 11.2. The number of hydrogen-bond donors (Lipinski definition) is 1. The van der Waals surface area contributed by atoms with Crippen molar-refractivity contribution < 1.29 is 4.21 Å². The summed E-state index contributed by atoms with van der Waals surface area (Å²) in [4.78, 5) is 2.55. The average Bonchev–Trinajstić information content (AvgIpc) is 2.16. The Balaban J connectivity index is 1.80. The van der Waals surface area contributed by atoms with Gasteiger partial charge in [-0.1, -0.05) is 0 Å². The van der Waals surface area contributed by atoms with Crippen molar-refractivity contribution in [2.75, 3.05) is 38.2 Å². The van der Waals surface area contributed by atoms with Crippen molar-refractivity contribution in [1.29, 1.82) is 0 Å². The Hall–Kier alpha value is 0.0700. The van der Waals surface area contributed by atoms with Crippen molar-refractivity contribution in [3.8, 4) is 0 Å². The fraction of sp³-hybridized carbons (Fsp3) is 1.00. The molecule has 14 heavy (non-hydrogen) atoms. The first kappa shape index (κ1) is 10.6. The minimum absolute atomic E-state index is 0.528. The predicted octanol–water partition coefficient (Wildman–Crippen LogP) is 0.0487. The Morgan fingerprint density at radius 3 is 2.57 bits per heavy atom. The third-order valence-corrected chi connectivity index (χ3v) is 4.80. The highest BCUT2D eigenvalue weighted by Crippen LogP contribution is 2.32. The van der Waals surface area contributed by atoms with Gasteiger partial charge >= 0.3 is 0 Å². The number of nitrogens with zero attached hydrogens (tertiary/aromatic N) is 1. The highest BCUT2D eigenvalue weighted by atomic mass is 32.2. The van der Waals surface area contributed by atoms with E-state index in [0.717, 1.165) is 43.1 Å². The molecule has 1 saturated heterocycles. The van der Waals surface area contributed by atoms with E-state index >= 15 is 0 Å². The van der Waals surface area contributed by atoms with Crippen LogP contribution in [0, 0.1) is 5.92 Å². The first-order chi connectivity index (χ1) is 6.81. The molecule has 4 heteroatoms. The molecule has 2 unspecified atom stereocenters. The molecule has 1 N–H and O–H groups in total. The Labute approximate surface area is 88.7 Å². The van der Waals surface area contributed by atoms with Crippen LogP contribution in [0.5, 0.6) is 0 Å². The summed E-state index contributed by atoms with van der Waals surface area (Å²) in [5, 5.41) is 3.26. The van der Waals surface area contributed by atoms with Gasteiger partial charge in [-0.05, 0) is 32.4 Å². The second-order valence-electron chi connectivity index (χ2n) is 4.35. The molecule has 2 fully saturated rings. The monoisotopic (exact) mass is 216 g/mol. The van der Waals surface area contributed by atoms with Crippen LogP contribution in [0.4, 0.5) is 0 Å². The second kappa shape index (κ2) is 4.73. The largest absolute Gasteiger partial charge is 0.319 e. The SMILES string of the molecule is CNCC1CCC1N1CCS(=O)CC1. The van der Waals surface area contributed by atoms with Crippen LogP contribution in [0.25, 0.3) is 0 Å². The summed E-state index contributed by atoms with van der Waals surface area (Å²) >= 11 is 0. The fourth-order valence-electron chi connectivity index (χ4n) is 2.52. The second-order valence-corrected chi connectivity index (χ2v) is 6.04. The Morgan fingerprint density at radius 2 is 2.07 bits per heavy atom. The van der Waals surface area contributed by atoms with Crippen molar-refractivity contribution in [2.24, 2.45) is 5.92 Å². The number of rotatable bonds is 3. The first-order valence-corrected chi connectivity index (χ1v) is 7.03. The third kappa shape index (κ3) is 2.18. The molecule has 3 nitrogen and oxygen atoms in total. The minimum atomic E-state index is -0.528. The summed E-state index contributed by atoms with van der Waals surface area (Å²) in [5.41, 5.74) is 0. The van der Waals surface area contributed by atoms with Crippen molar-refractivity contribution in [3.63, 3.8) is 0 Å². The third-order valence-electron chi connectivity index (χ3n) is 3.53. The van der Waals surface area contributed by atoms with Crippen LogP contribution in [0.2, 0.25) is 0 Å². The van der Waals surface area contributed by atoms with E-state index in [1.807, 2.05) is 7.05 Å². The molecule has 1 aliphatic heterocycles. The van der Waals surface area contributed by atoms with Gasteiger partial charge in [-0.3, -0.25) is 9.11 Å². The molecule has 0 amide bonds. The van der Waals surface area contributed by atoms with Gasteiger partial charge in [-0.15, -0.1) is 0 Å². The molecule has 0 spiro atoms. The van der Waals surface area contributed by atoms with Gasteiger partial charge in [-0.25, -0.2) is 0 Å². The normalized spacial score (nSPS) is 35.5. The summed E-state index contributed by atoms with van der Waals surface area (Å²) in [6.07, 6.45) is 2.71. The Bertz CT molecular complexity index is 212. The quantitative estimate of drug-likeness (QED) is 0.723. The van der Waals surface area contributed by atoms with Gasteiger partial charge in [0.15, 0.2) is 0 Å². The highest BCUT2D eigenvalue weighted by Gasteiger charge is 2.35. The van der Waals surface area contributed by atoms with E-state index in [4.69, 9.17) is 0 Å². The highest BCUT2D eigenvalue weighted by molar-refractivity contribution is 7.85. The van der Waals surface area contributed by atoms with Crippen LogP contribution >= 0.6 is 0 Å². The molecular formula is C10H20N2OS. The summed E-state index contributed by atoms with van der Waals surface area (Å²) < 4.78 is 11.2. The molecule has 0 bridgehead atoms. The van der Waals surface area contributed by atoms with E-state index in [9.17, 15) is 4.21 Å². The Morgan fingerprint density at radius 1 is 1.36 bits per heavy atom. The molecule has 82 valence electrons. The van der Waals surface area contributed by atoms with Crippen LogP contribution in [0.15, 0.2) is 0 Å². The van der Waals surface area contributed by atoms with Crippen molar-refractivity contribution in [3.05, 3.63) is 0 Å². The van der Waals surface area contributed by atoms with Crippen LogP contribution in [0.3, 0.4) is 0 Å². The molecule has 1 saturated carbocycles. The maximum absolute atomic E-state index is 11.2. The topological polar surface area (TPSA) is 32.3 Å². The molecule has 0 aromatic heterocycles. The molecule has 1 heterocycles. The van der Waals surface area contributed by atoms with E-state index in [2.05, 4.69) is 10.2 Å². The van der Waals surface area contributed by atoms with E-state index < -0.39 is 10.8 Å². The van der Waals surface area contributed by atoms with Gasteiger partial charge in [0, 0.05) is 41.4 Å². The zero-order chi connectivity index (χ0) is 9.97. The molecule has 1 aliphatic carbocycles. The van der Waals surface area contributed by atoms with Crippen LogP contribution < -0.4 is 5.32 Å². The van der Waals surface area contributed by atoms with Gasteiger partial charge in [0.1, 0.15) is 0 Å². The van der Waals surface area contributed by atoms with Gasteiger partial charge < -0.3 is 5.32 Å². The zero-order valence-electron chi connectivity index (χ0n) is 8.87. The maximum Gasteiger partial charge on any atom is 0.0363 e. The van der Waals surface area contributed by atoms with E-state index in [1.165, 1.54) is 12.8 Å². The zero-order valence-corrected chi connectivity index (χ0v) is 9.68. The van der Waals surface area contributed by atoms with E-state index in [-0.39, 0.29) is 0 Å². The lowest BCUT2D eigenvalue weighted by molar-refractivity contribution is 0.0708. The fourth-order valence-corrected chi connectivity index (χ4v) is 3.60. The molecule has 2 aliphatic rings. The van der Waals surface area contributed by atoms with Crippen molar-refractivity contribution in [2.45, 2.75) is 18.9 Å². The summed E-state index contributed by atoms with van der Waals surface area (Å²) in [6.45, 7) is 3.25. The summed E-state index contributed by atoms with van der Waals surface area (Å²) in [7, 11) is 1.50. The lowest BCUT2D eigenvalue weighted by Gasteiger charge is -2.45. The predicted molar refractivity (Wildman–Crippen MR) is 59.9 cm³/mol. The minimum Gasteiger partial charge on any atom is -0.319 e. The van der Waals surface area contributed by atoms with Gasteiger partial charge in [0.05, 0.1) is 0 Å². The standard InChI is InChI=1S/C10H20N2OS/c1-11-8-9-2-3-10(9)12-4-6-14(13)7-5-12/h9-11H,2-8H2,1H3. The van der Waals surface area contributed by atoms with Gasteiger partial charge in [0.2, 0.25) is 0 Å². The summed E-state index contributed by atoms with van der Waals surface area (Å²) in [6, 6.07) is 0.778. The lowest BCUT2D eigenvalue weighted by Crippen LogP contribution is -2.54. The number of nitrogens with one attached hydrogen (secondary N) is 1. The van der Waals surface area contributed by atoms with Crippen LogP contribution in [-0.2, 0) is 10.8 Å². The van der Waals surface area contributed by atoms with Crippen LogP contribution in [0.1, 0.15) is 12.8 Å². The average molecular weight is 216 g/mol. The summed E-state index contributed by atoms with van der Waals surface area (Å²) in [5.74, 6) is 2.62. The Kier molecular flexibility index (Phi) is 3.57. The van der Waals surface area contributed by atoms with Crippen molar-refractivity contribution >= 4 is 10.8 Å². The van der Waals surface area contributed by atoms with E-state index in [1.54, 1.807) is 0 Å². The molecular weight excluding hydrogens is 196 g/mol. The van der Waals surface area contributed by atoms with Gasteiger partial charge in [-0.2, -0.15) is 0 Å². The van der Waals surface area contributed by atoms with Crippen LogP contribution in [-0.4, -0.2) is 53.3 Å². The molecule has 0 radical (unpaired) electrons. The first-order valence-electron chi connectivity index (χ1n) is 5.55. The smallest absolute Gasteiger partial charge is 0.0363 e. The lowest BCUT2D eigenvalue weighted by atomic mass is 9.78.